The van der Waals surface area contributed by atoms with Crippen molar-refractivity contribution in [1.82, 2.24) is 24.6 Å². The summed E-state index contributed by atoms with van der Waals surface area (Å²) in [5.41, 5.74) is 0.554. The molecule has 0 aromatic carbocycles. The number of amides is 2. The van der Waals surface area contributed by atoms with E-state index in [1.54, 1.807) is 18.7 Å². The molecular formula is C16H23N5O2. The van der Waals surface area contributed by atoms with Crippen LogP contribution in [0, 0.1) is 0 Å². The summed E-state index contributed by atoms with van der Waals surface area (Å²) in [6.07, 6.45) is 2.98. The summed E-state index contributed by atoms with van der Waals surface area (Å²) in [4.78, 5) is 27.6. The summed E-state index contributed by atoms with van der Waals surface area (Å²) in [6.45, 7) is 9.67. The minimum atomic E-state index is -0.0434. The van der Waals surface area contributed by atoms with Gasteiger partial charge in [0.1, 0.15) is 0 Å². The lowest BCUT2D eigenvalue weighted by atomic mass is 10.00. The fraction of sp³-hybridized carbons (Fsp3) is 0.625. The molecule has 1 unspecified atom stereocenters. The highest BCUT2D eigenvalue weighted by Crippen LogP contribution is 2.32. The molecule has 1 fully saturated rings. The molecule has 124 valence electrons. The number of hydrogen-bond acceptors (Lipinski definition) is 4. The highest BCUT2D eigenvalue weighted by Gasteiger charge is 2.34. The van der Waals surface area contributed by atoms with E-state index < -0.39 is 0 Å². The van der Waals surface area contributed by atoms with Crippen LogP contribution in [0.2, 0.25) is 0 Å². The van der Waals surface area contributed by atoms with Crippen LogP contribution in [0.3, 0.4) is 0 Å². The van der Waals surface area contributed by atoms with E-state index in [1.807, 2.05) is 4.90 Å². The first kappa shape index (κ1) is 15.7. The van der Waals surface area contributed by atoms with E-state index in [0.717, 1.165) is 37.5 Å². The third-order valence-corrected chi connectivity index (χ3v) is 4.65. The van der Waals surface area contributed by atoms with Crippen LogP contribution in [0.15, 0.2) is 12.2 Å². The van der Waals surface area contributed by atoms with Crippen LogP contribution in [0.5, 0.6) is 0 Å². The highest BCUT2D eigenvalue weighted by atomic mass is 16.2. The highest BCUT2D eigenvalue weighted by molar-refractivity contribution is 5.92. The SMILES string of the molecule is C=C(C)C(=O)N1CCCCC1c1nnc2n1CCN(C(C)=O)C2. The van der Waals surface area contributed by atoms with Gasteiger partial charge in [-0.1, -0.05) is 6.58 Å². The van der Waals surface area contributed by atoms with Crippen LogP contribution in [-0.2, 0) is 22.7 Å². The Morgan fingerprint density at radius 2 is 1.91 bits per heavy atom. The molecule has 3 rings (SSSR count). The fourth-order valence-electron chi connectivity index (χ4n) is 3.38. The zero-order valence-electron chi connectivity index (χ0n) is 13.8. The van der Waals surface area contributed by atoms with Gasteiger partial charge in [-0.25, -0.2) is 0 Å². The van der Waals surface area contributed by atoms with Gasteiger partial charge in [-0.3, -0.25) is 9.59 Å². The Morgan fingerprint density at radius 3 is 2.61 bits per heavy atom. The lowest BCUT2D eigenvalue weighted by Crippen LogP contribution is -2.42. The Morgan fingerprint density at radius 1 is 1.13 bits per heavy atom. The first-order chi connectivity index (χ1) is 11.0. The van der Waals surface area contributed by atoms with Crippen LogP contribution in [-0.4, -0.2) is 49.5 Å². The molecule has 1 saturated heterocycles. The van der Waals surface area contributed by atoms with Crippen molar-refractivity contribution in [2.45, 2.75) is 52.2 Å². The molecular weight excluding hydrogens is 294 g/mol. The normalized spacial score (nSPS) is 21.0. The topological polar surface area (TPSA) is 71.3 Å². The molecule has 0 saturated carbocycles. The molecule has 2 aliphatic rings. The second-order valence-electron chi connectivity index (χ2n) is 6.36. The molecule has 1 aromatic rings. The molecule has 0 bridgehead atoms. The van der Waals surface area contributed by atoms with Crippen LogP contribution in [0.4, 0.5) is 0 Å². The van der Waals surface area contributed by atoms with Gasteiger partial charge in [0.2, 0.25) is 11.8 Å². The number of rotatable bonds is 2. The van der Waals surface area contributed by atoms with Gasteiger partial charge in [0.05, 0.1) is 12.6 Å². The van der Waals surface area contributed by atoms with Crippen LogP contribution < -0.4 is 0 Å². The molecule has 3 heterocycles. The van der Waals surface area contributed by atoms with Crippen molar-refractivity contribution in [2.24, 2.45) is 0 Å². The zero-order chi connectivity index (χ0) is 16.6. The third-order valence-electron chi connectivity index (χ3n) is 4.65. The van der Waals surface area contributed by atoms with E-state index in [1.165, 1.54) is 0 Å². The van der Waals surface area contributed by atoms with Crippen molar-refractivity contribution < 1.29 is 9.59 Å². The minimum absolute atomic E-state index is 0.00628. The van der Waals surface area contributed by atoms with Gasteiger partial charge in [0, 0.05) is 32.1 Å². The molecule has 1 aromatic heterocycles. The van der Waals surface area contributed by atoms with E-state index in [4.69, 9.17) is 0 Å². The summed E-state index contributed by atoms with van der Waals surface area (Å²) in [5.74, 6) is 1.69. The fourth-order valence-corrected chi connectivity index (χ4v) is 3.38. The molecule has 0 radical (unpaired) electrons. The van der Waals surface area contributed by atoms with Gasteiger partial charge in [-0.2, -0.15) is 0 Å². The van der Waals surface area contributed by atoms with Crippen LogP contribution in [0.1, 0.15) is 50.8 Å². The maximum Gasteiger partial charge on any atom is 0.249 e. The van der Waals surface area contributed by atoms with Gasteiger partial charge in [0.25, 0.3) is 0 Å². The smallest absolute Gasteiger partial charge is 0.249 e. The predicted molar refractivity (Wildman–Crippen MR) is 84.2 cm³/mol. The first-order valence-corrected chi connectivity index (χ1v) is 8.13. The Kier molecular flexibility index (Phi) is 4.19. The summed E-state index contributed by atoms with van der Waals surface area (Å²) >= 11 is 0. The first-order valence-electron chi connectivity index (χ1n) is 8.13. The Labute approximate surface area is 136 Å². The molecule has 7 nitrogen and oxygen atoms in total. The van der Waals surface area contributed by atoms with Gasteiger partial charge in [-0.05, 0) is 26.2 Å². The van der Waals surface area contributed by atoms with Gasteiger partial charge < -0.3 is 14.4 Å². The average molecular weight is 317 g/mol. The lowest BCUT2D eigenvalue weighted by molar-refractivity contribution is -0.131. The number of aromatic nitrogens is 3. The second-order valence-corrected chi connectivity index (χ2v) is 6.36. The van der Waals surface area contributed by atoms with E-state index in [-0.39, 0.29) is 17.9 Å². The number of fused-ring (bicyclic) bond motifs is 1. The molecule has 0 aliphatic carbocycles. The molecule has 2 amide bonds. The standard InChI is InChI=1S/C16H23N5O2/c1-11(2)16(23)20-7-5-4-6-13(20)15-18-17-14-10-19(12(3)22)8-9-21(14)15/h13H,1,4-10H2,2-3H3. The third kappa shape index (κ3) is 2.87. The van der Waals surface area contributed by atoms with Crippen molar-refractivity contribution in [1.29, 1.82) is 0 Å². The van der Waals surface area contributed by atoms with Crippen molar-refractivity contribution in [3.63, 3.8) is 0 Å². The predicted octanol–water partition coefficient (Wildman–Crippen LogP) is 1.27. The Balaban J connectivity index is 1.88. The zero-order valence-corrected chi connectivity index (χ0v) is 13.8. The maximum atomic E-state index is 12.4. The quantitative estimate of drug-likeness (QED) is 0.770. The maximum absolute atomic E-state index is 12.4. The van der Waals surface area contributed by atoms with E-state index in [2.05, 4.69) is 21.3 Å². The number of carbonyl (C=O) groups is 2. The average Bonchev–Trinajstić information content (AvgIpc) is 2.96. The summed E-state index contributed by atoms with van der Waals surface area (Å²) in [7, 11) is 0. The largest absolute Gasteiger partial charge is 0.334 e. The number of nitrogens with zero attached hydrogens (tertiary/aromatic N) is 5. The molecule has 2 aliphatic heterocycles. The van der Waals surface area contributed by atoms with E-state index in [9.17, 15) is 9.59 Å². The van der Waals surface area contributed by atoms with E-state index in [0.29, 0.717) is 25.2 Å². The minimum Gasteiger partial charge on any atom is -0.334 e. The van der Waals surface area contributed by atoms with Gasteiger partial charge in [0.15, 0.2) is 11.6 Å². The summed E-state index contributed by atoms with van der Waals surface area (Å²) in [6, 6.07) is -0.0434. The number of piperidine rings is 1. The number of likely N-dealkylation sites (tertiary alicyclic amines) is 1. The number of carbonyl (C=O) groups excluding carboxylic acids is 2. The molecule has 23 heavy (non-hydrogen) atoms. The van der Waals surface area contributed by atoms with Crippen molar-refractivity contribution >= 4 is 11.8 Å². The van der Waals surface area contributed by atoms with Gasteiger partial charge >= 0.3 is 0 Å². The number of hydrogen-bond donors (Lipinski definition) is 0. The second kappa shape index (κ2) is 6.14. The summed E-state index contributed by atoms with van der Waals surface area (Å²) in [5, 5.41) is 8.62. The van der Waals surface area contributed by atoms with Crippen molar-refractivity contribution in [2.75, 3.05) is 13.1 Å². The molecule has 0 spiro atoms. The Bertz CT molecular complexity index is 651. The lowest BCUT2D eigenvalue weighted by Gasteiger charge is -2.36. The monoisotopic (exact) mass is 317 g/mol. The van der Waals surface area contributed by atoms with Crippen molar-refractivity contribution in [3.05, 3.63) is 23.8 Å². The van der Waals surface area contributed by atoms with E-state index >= 15 is 0 Å². The molecule has 0 N–H and O–H groups in total. The van der Waals surface area contributed by atoms with Crippen molar-refractivity contribution in [3.8, 4) is 0 Å². The molecule has 1 atom stereocenters. The van der Waals surface area contributed by atoms with Crippen LogP contribution >= 0.6 is 0 Å². The van der Waals surface area contributed by atoms with Gasteiger partial charge in [-0.15, -0.1) is 10.2 Å². The molecule has 7 heteroatoms. The summed E-state index contributed by atoms with van der Waals surface area (Å²) < 4.78 is 2.08. The van der Waals surface area contributed by atoms with Crippen LogP contribution in [0.25, 0.3) is 0 Å². The Hall–Kier alpha value is -2.18.